The maximum atomic E-state index is 12.2. The van der Waals surface area contributed by atoms with Crippen molar-refractivity contribution in [2.24, 2.45) is 0 Å². The highest BCUT2D eigenvalue weighted by atomic mass is 35.5. The molecule has 7 nitrogen and oxygen atoms in total. The third-order valence-corrected chi connectivity index (χ3v) is 5.87. The van der Waals surface area contributed by atoms with Gasteiger partial charge in [-0.2, -0.15) is 4.98 Å². The van der Waals surface area contributed by atoms with Crippen LogP contribution in [0, 0.1) is 0 Å². The Morgan fingerprint density at radius 2 is 1.90 bits per heavy atom. The molecule has 0 saturated carbocycles. The Morgan fingerprint density at radius 1 is 1.10 bits per heavy atom. The zero-order chi connectivity index (χ0) is 21.6. The van der Waals surface area contributed by atoms with E-state index in [9.17, 15) is 4.79 Å². The lowest BCUT2D eigenvalue weighted by molar-refractivity contribution is 0.00954. The van der Waals surface area contributed by atoms with Gasteiger partial charge in [0, 0.05) is 23.5 Å². The lowest BCUT2D eigenvalue weighted by atomic mass is 9.96. The zero-order valence-corrected chi connectivity index (χ0v) is 18.0. The summed E-state index contributed by atoms with van der Waals surface area (Å²) in [6.45, 7) is 5.63. The zero-order valence-electron chi connectivity index (χ0n) is 17.3. The molecule has 31 heavy (non-hydrogen) atoms. The van der Waals surface area contributed by atoms with Gasteiger partial charge in [-0.15, -0.1) is 0 Å². The van der Waals surface area contributed by atoms with Crippen molar-refractivity contribution in [3.05, 3.63) is 69.9 Å². The van der Waals surface area contributed by atoms with Crippen LogP contribution in [0.2, 0.25) is 5.02 Å². The number of cyclic esters (lactones) is 1. The minimum Gasteiger partial charge on any atom is -0.451 e. The molecule has 3 heterocycles. The van der Waals surface area contributed by atoms with Crippen molar-refractivity contribution in [1.82, 2.24) is 15.3 Å². The Bertz CT molecular complexity index is 1190. The van der Waals surface area contributed by atoms with E-state index in [1.165, 1.54) is 11.1 Å². The summed E-state index contributed by atoms with van der Waals surface area (Å²) in [4.78, 5) is 21.0. The van der Waals surface area contributed by atoms with Crippen molar-refractivity contribution >= 4 is 40.7 Å². The highest BCUT2D eigenvalue weighted by Crippen LogP contribution is 2.37. The number of carbonyl (C=O) groups excluding carboxylic acids is 1. The highest BCUT2D eigenvalue weighted by molar-refractivity contribution is 6.32. The van der Waals surface area contributed by atoms with E-state index in [1.807, 2.05) is 32.0 Å². The summed E-state index contributed by atoms with van der Waals surface area (Å²) in [5, 5.41) is 10.2. The highest BCUT2D eigenvalue weighted by Gasteiger charge is 2.37. The van der Waals surface area contributed by atoms with Crippen molar-refractivity contribution < 1.29 is 9.53 Å². The number of hydrogen-bond donors (Lipinski definition) is 3. The van der Waals surface area contributed by atoms with Crippen molar-refractivity contribution in [2.75, 3.05) is 17.2 Å². The van der Waals surface area contributed by atoms with Crippen molar-refractivity contribution in [3.8, 4) is 0 Å². The first kappa shape index (κ1) is 19.8. The Hall–Kier alpha value is -3.16. The number of anilines is 4. The van der Waals surface area contributed by atoms with Crippen LogP contribution in [0.3, 0.4) is 0 Å². The quantitative estimate of drug-likeness (QED) is 0.513. The van der Waals surface area contributed by atoms with E-state index < -0.39 is 5.60 Å². The van der Waals surface area contributed by atoms with E-state index in [0.29, 0.717) is 28.0 Å². The summed E-state index contributed by atoms with van der Waals surface area (Å²) in [6.07, 6.45) is 2.54. The van der Waals surface area contributed by atoms with Gasteiger partial charge >= 0.3 is 5.97 Å². The first-order valence-electron chi connectivity index (χ1n) is 10.2. The number of benzene rings is 2. The molecule has 2 aliphatic heterocycles. The van der Waals surface area contributed by atoms with E-state index in [0.717, 1.165) is 30.8 Å². The van der Waals surface area contributed by atoms with Crippen LogP contribution in [0.5, 0.6) is 0 Å². The molecule has 5 rings (SSSR count). The fourth-order valence-corrected chi connectivity index (χ4v) is 4.13. The molecule has 0 amide bonds. The Labute approximate surface area is 185 Å². The van der Waals surface area contributed by atoms with Gasteiger partial charge in [0.05, 0.1) is 11.8 Å². The molecule has 2 aromatic carbocycles. The number of rotatable bonds is 4. The van der Waals surface area contributed by atoms with E-state index in [1.54, 1.807) is 12.3 Å². The molecule has 0 bridgehead atoms. The minimum absolute atomic E-state index is 0.331. The molecule has 0 saturated heterocycles. The lowest BCUT2D eigenvalue weighted by Crippen LogP contribution is -2.23. The topological polar surface area (TPSA) is 88.2 Å². The fraction of sp³-hybridized carbons (Fsp3) is 0.261. The van der Waals surface area contributed by atoms with Crippen LogP contribution >= 0.6 is 11.6 Å². The second-order valence-corrected chi connectivity index (χ2v) is 8.62. The minimum atomic E-state index is -0.625. The number of nitrogens with zero attached hydrogens (tertiary/aromatic N) is 2. The normalized spacial score (nSPS) is 16.3. The summed E-state index contributed by atoms with van der Waals surface area (Å²) in [5.74, 6) is 0.553. The monoisotopic (exact) mass is 435 g/mol. The molecular formula is C23H22ClN5O2. The molecule has 0 unspecified atom stereocenters. The molecule has 0 radical (unpaired) electrons. The van der Waals surface area contributed by atoms with Crippen LogP contribution < -0.4 is 16.0 Å². The van der Waals surface area contributed by atoms with Crippen LogP contribution in [0.25, 0.3) is 0 Å². The van der Waals surface area contributed by atoms with Crippen LogP contribution in [0.4, 0.5) is 23.1 Å². The second-order valence-electron chi connectivity index (χ2n) is 8.21. The van der Waals surface area contributed by atoms with Crippen molar-refractivity contribution in [3.63, 3.8) is 0 Å². The van der Waals surface area contributed by atoms with Crippen LogP contribution in [-0.4, -0.2) is 22.5 Å². The molecule has 158 valence electrons. The summed E-state index contributed by atoms with van der Waals surface area (Å²) >= 11 is 6.32. The molecule has 2 aliphatic rings. The second kappa shape index (κ2) is 7.51. The third kappa shape index (κ3) is 3.82. The average Bonchev–Trinajstić information content (AvgIpc) is 2.98. The first-order valence-corrected chi connectivity index (χ1v) is 10.5. The number of fused-ring (bicyclic) bond motifs is 2. The number of ether oxygens (including phenoxy) is 1. The number of halogens is 1. The van der Waals surface area contributed by atoms with Gasteiger partial charge in [-0.05, 0) is 62.2 Å². The average molecular weight is 436 g/mol. The van der Waals surface area contributed by atoms with Crippen molar-refractivity contribution in [1.29, 1.82) is 0 Å². The number of aromatic nitrogens is 2. The molecule has 8 heteroatoms. The van der Waals surface area contributed by atoms with E-state index >= 15 is 0 Å². The summed E-state index contributed by atoms with van der Waals surface area (Å²) in [6, 6.07) is 11.8. The van der Waals surface area contributed by atoms with Gasteiger partial charge in [0.25, 0.3) is 0 Å². The molecule has 0 atom stereocenters. The van der Waals surface area contributed by atoms with Gasteiger partial charge < -0.3 is 20.7 Å². The van der Waals surface area contributed by atoms with Crippen LogP contribution in [0.1, 0.15) is 40.9 Å². The number of nitrogens with one attached hydrogen (secondary N) is 3. The predicted molar refractivity (Wildman–Crippen MR) is 120 cm³/mol. The lowest BCUT2D eigenvalue weighted by Gasteiger charge is -2.18. The molecule has 1 aromatic heterocycles. The third-order valence-electron chi connectivity index (χ3n) is 5.59. The van der Waals surface area contributed by atoms with E-state index in [2.05, 4.69) is 38.1 Å². The van der Waals surface area contributed by atoms with Crippen LogP contribution in [0.15, 0.2) is 42.6 Å². The first-order chi connectivity index (χ1) is 14.9. The molecule has 3 N–H and O–H groups in total. The number of esters is 1. The van der Waals surface area contributed by atoms with Gasteiger partial charge in [-0.3, -0.25) is 0 Å². The Balaban J connectivity index is 1.38. The van der Waals surface area contributed by atoms with Crippen molar-refractivity contribution in [2.45, 2.75) is 32.4 Å². The van der Waals surface area contributed by atoms with Gasteiger partial charge in [0.1, 0.15) is 10.6 Å². The molecule has 0 aliphatic carbocycles. The molecule has 0 fully saturated rings. The molecule has 3 aromatic rings. The largest absolute Gasteiger partial charge is 0.451 e. The van der Waals surface area contributed by atoms with E-state index in [-0.39, 0.29) is 5.97 Å². The fourth-order valence-electron chi connectivity index (χ4n) is 3.99. The predicted octanol–water partition coefficient (Wildman–Crippen LogP) is 4.67. The van der Waals surface area contributed by atoms with Crippen LogP contribution in [-0.2, 0) is 23.3 Å². The van der Waals surface area contributed by atoms with Gasteiger partial charge in [-0.25, -0.2) is 9.78 Å². The van der Waals surface area contributed by atoms with Gasteiger partial charge in [0.15, 0.2) is 5.82 Å². The summed E-state index contributed by atoms with van der Waals surface area (Å²) in [5.41, 5.74) is 5.04. The summed E-state index contributed by atoms with van der Waals surface area (Å²) in [7, 11) is 0. The summed E-state index contributed by atoms with van der Waals surface area (Å²) < 4.78 is 5.44. The Morgan fingerprint density at radius 3 is 2.77 bits per heavy atom. The maximum absolute atomic E-state index is 12.2. The Kier molecular flexibility index (Phi) is 4.79. The van der Waals surface area contributed by atoms with Gasteiger partial charge in [-0.1, -0.05) is 23.7 Å². The number of hydrogen-bond acceptors (Lipinski definition) is 7. The molecule has 0 spiro atoms. The van der Waals surface area contributed by atoms with E-state index in [4.69, 9.17) is 16.3 Å². The molecular weight excluding hydrogens is 414 g/mol. The van der Waals surface area contributed by atoms with Gasteiger partial charge in [0.2, 0.25) is 5.95 Å². The smallest absolute Gasteiger partial charge is 0.339 e. The number of carbonyl (C=O) groups is 1. The maximum Gasteiger partial charge on any atom is 0.339 e. The SMILES string of the molecule is CC1(C)OC(=O)c2cc(Nc3nc(Nc4ccc5c(c4)CCNC5)ncc3Cl)ccc21. The standard InChI is InChI=1S/C23H22ClN5O2/c1-23(2)18-6-5-16(10-17(18)21(30)31-23)27-20-19(24)12-26-22(29-20)28-15-4-3-14-11-25-8-7-13(14)9-15/h3-6,9-10,12,25H,7-8,11H2,1-2H3,(H2,26,27,28,29).